The van der Waals surface area contributed by atoms with Crippen molar-refractivity contribution in [2.24, 2.45) is 0 Å². The van der Waals surface area contributed by atoms with E-state index in [0.29, 0.717) is 6.61 Å². The Morgan fingerprint density at radius 1 is 1.70 bits per heavy atom. The Balaban J connectivity index is 2.15. The SMILES string of the molecule is [SiH3]O[SiH2]OCc1ccco1. The lowest BCUT2D eigenvalue weighted by molar-refractivity contribution is 0.253. The van der Waals surface area contributed by atoms with Gasteiger partial charge in [-0.3, -0.25) is 0 Å². The quantitative estimate of drug-likeness (QED) is 0.437. The summed E-state index contributed by atoms with van der Waals surface area (Å²) < 4.78 is 15.2. The highest BCUT2D eigenvalue weighted by molar-refractivity contribution is 6.27. The summed E-state index contributed by atoms with van der Waals surface area (Å²) in [6, 6.07) is 3.74. The van der Waals surface area contributed by atoms with Gasteiger partial charge in [0.2, 0.25) is 0 Å². The van der Waals surface area contributed by atoms with Crippen LogP contribution in [0.15, 0.2) is 22.8 Å². The smallest absolute Gasteiger partial charge is 0.294 e. The Hall–Kier alpha value is -0.366. The molecule has 56 valence electrons. The van der Waals surface area contributed by atoms with Crippen LogP contribution in [0.2, 0.25) is 0 Å². The summed E-state index contributed by atoms with van der Waals surface area (Å²) in [7, 11) is 0.0798. The van der Waals surface area contributed by atoms with Gasteiger partial charge in [-0.15, -0.1) is 0 Å². The van der Waals surface area contributed by atoms with E-state index < -0.39 is 10.0 Å². The second-order valence-electron chi connectivity index (χ2n) is 1.83. The first kappa shape index (κ1) is 7.74. The summed E-state index contributed by atoms with van der Waals surface area (Å²) >= 11 is 0. The monoisotopic (exact) mass is 174 g/mol. The summed E-state index contributed by atoms with van der Waals surface area (Å²) in [4.78, 5) is 0. The van der Waals surface area contributed by atoms with Crippen LogP contribution in [0, 0.1) is 0 Å². The summed E-state index contributed by atoms with van der Waals surface area (Å²) in [5.41, 5.74) is 0. The lowest BCUT2D eigenvalue weighted by Crippen LogP contribution is -2.01. The van der Waals surface area contributed by atoms with Gasteiger partial charge in [0, 0.05) is 0 Å². The van der Waals surface area contributed by atoms with Crippen LogP contribution in [0.3, 0.4) is 0 Å². The zero-order valence-electron chi connectivity index (χ0n) is 5.87. The molecule has 0 saturated carbocycles. The topological polar surface area (TPSA) is 31.6 Å². The van der Waals surface area contributed by atoms with Crippen molar-refractivity contribution in [3.05, 3.63) is 24.2 Å². The molecule has 0 radical (unpaired) electrons. The molecule has 5 heteroatoms. The summed E-state index contributed by atoms with van der Waals surface area (Å²) in [5.74, 6) is 0.867. The first-order chi connectivity index (χ1) is 4.93. The normalized spacial score (nSPS) is 11.6. The maximum Gasteiger partial charge on any atom is 0.294 e. The largest absolute Gasteiger partial charge is 0.467 e. The summed E-state index contributed by atoms with van der Waals surface area (Å²) in [6.45, 7) is 0.557. The van der Waals surface area contributed by atoms with E-state index in [1.54, 1.807) is 6.26 Å². The second kappa shape index (κ2) is 4.45. The van der Waals surface area contributed by atoms with E-state index in [4.69, 9.17) is 13.0 Å². The highest BCUT2D eigenvalue weighted by Gasteiger charge is 1.92. The van der Waals surface area contributed by atoms with Crippen molar-refractivity contribution in [1.29, 1.82) is 0 Å². The van der Waals surface area contributed by atoms with Crippen LogP contribution in [0.5, 0.6) is 0 Å². The van der Waals surface area contributed by atoms with Crippen molar-refractivity contribution in [3.63, 3.8) is 0 Å². The molecular formula is C5H10O3Si2. The van der Waals surface area contributed by atoms with Gasteiger partial charge >= 0.3 is 0 Å². The first-order valence-electron chi connectivity index (χ1n) is 3.02. The third kappa shape index (κ3) is 2.48. The number of hydrogen-bond donors (Lipinski definition) is 0. The van der Waals surface area contributed by atoms with Gasteiger partial charge in [-0.1, -0.05) is 0 Å². The number of furan rings is 1. The Morgan fingerprint density at radius 3 is 3.20 bits per heavy atom. The maximum absolute atomic E-state index is 5.18. The van der Waals surface area contributed by atoms with E-state index in [0.717, 1.165) is 16.2 Å². The molecule has 0 spiro atoms. The van der Waals surface area contributed by atoms with Gasteiger partial charge in [-0.05, 0) is 12.1 Å². The zero-order chi connectivity index (χ0) is 7.23. The third-order valence-corrected chi connectivity index (χ3v) is 2.34. The molecule has 1 heterocycles. The van der Waals surface area contributed by atoms with Gasteiger partial charge in [0.05, 0.1) is 12.9 Å². The predicted molar refractivity (Wildman–Crippen MR) is 43.1 cm³/mol. The predicted octanol–water partition coefficient (Wildman–Crippen LogP) is -0.908. The van der Waals surface area contributed by atoms with Crippen molar-refractivity contribution in [2.45, 2.75) is 6.61 Å². The van der Waals surface area contributed by atoms with E-state index in [-0.39, 0.29) is 0 Å². The van der Waals surface area contributed by atoms with Crippen LogP contribution < -0.4 is 0 Å². The molecule has 0 saturated heterocycles. The molecule has 0 fully saturated rings. The molecule has 3 nitrogen and oxygen atoms in total. The molecule has 0 aliphatic rings. The van der Waals surface area contributed by atoms with Gasteiger partial charge in [-0.25, -0.2) is 0 Å². The second-order valence-corrected chi connectivity index (χ2v) is 4.79. The van der Waals surface area contributed by atoms with Crippen molar-refractivity contribution in [2.75, 3.05) is 0 Å². The molecule has 0 aliphatic carbocycles. The van der Waals surface area contributed by atoms with Gasteiger partial charge in [0.25, 0.3) is 10.0 Å². The fraction of sp³-hybridized carbons (Fsp3) is 0.200. The number of hydrogen-bond acceptors (Lipinski definition) is 3. The van der Waals surface area contributed by atoms with Crippen LogP contribution in [0.1, 0.15) is 5.76 Å². The van der Waals surface area contributed by atoms with E-state index in [1.807, 2.05) is 12.1 Å². The van der Waals surface area contributed by atoms with Crippen molar-refractivity contribution in [3.8, 4) is 0 Å². The molecule has 1 aromatic heterocycles. The minimum absolute atomic E-state index is 0.557. The Kier molecular flexibility index (Phi) is 3.44. The van der Waals surface area contributed by atoms with E-state index in [9.17, 15) is 0 Å². The average molecular weight is 174 g/mol. The molecule has 0 amide bonds. The molecule has 1 aromatic rings. The van der Waals surface area contributed by atoms with Gasteiger partial charge in [-0.2, -0.15) is 0 Å². The first-order valence-corrected chi connectivity index (χ1v) is 4.99. The van der Waals surface area contributed by atoms with Gasteiger partial charge in [0.15, 0.2) is 0 Å². The standard InChI is InChI=1S/C5H10O3Si2/c9-8-10-7-4-5-2-1-3-6-5/h1-3H,4,10H2,9H3. The molecule has 0 N–H and O–H groups in total. The Bertz CT molecular complexity index is 163. The molecule has 10 heavy (non-hydrogen) atoms. The van der Waals surface area contributed by atoms with Crippen molar-refractivity contribution >= 4 is 20.5 Å². The Morgan fingerprint density at radius 2 is 2.60 bits per heavy atom. The molecule has 0 bridgehead atoms. The van der Waals surface area contributed by atoms with Crippen LogP contribution in [0.4, 0.5) is 0 Å². The van der Waals surface area contributed by atoms with Crippen LogP contribution in [-0.4, -0.2) is 20.5 Å². The summed E-state index contributed by atoms with van der Waals surface area (Å²) in [6.07, 6.45) is 1.64. The Labute approximate surface area is 64.9 Å². The molecule has 0 unspecified atom stereocenters. The number of rotatable bonds is 4. The lowest BCUT2D eigenvalue weighted by atomic mass is 10.5. The zero-order valence-corrected chi connectivity index (χ0v) is 9.29. The third-order valence-electron chi connectivity index (χ3n) is 1.03. The maximum atomic E-state index is 5.18. The molecule has 0 aliphatic heterocycles. The van der Waals surface area contributed by atoms with Crippen molar-refractivity contribution in [1.82, 2.24) is 0 Å². The van der Waals surface area contributed by atoms with Gasteiger partial charge in [0.1, 0.15) is 16.2 Å². The summed E-state index contributed by atoms with van der Waals surface area (Å²) in [5, 5.41) is 0. The average Bonchev–Trinajstić information content (AvgIpc) is 2.41. The van der Waals surface area contributed by atoms with E-state index in [1.165, 1.54) is 0 Å². The fourth-order valence-corrected chi connectivity index (χ4v) is 1.57. The highest BCUT2D eigenvalue weighted by Crippen LogP contribution is 2.00. The van der Waals surface area contributed by atoms with Crippen LogP contribution >= 0.6 is 0 Å². The van der Waals surface area contributed by atoms with E-state index in [2.05, 4.69) is 0 Å². The van der Waals surface area contributed by atoms with Crippen LogP contribution in [-0.2, 0) is 15.1 Å². The van der Waals surface area contributed by atoms with Crippen LogP contribution in [0.25, 0.3) is 0 Å². The highest BCUT2D eigenvalue weighted by atomic mass is 28.3. The molecule has 0 aromatic carbocycles. The minimum atomic E-state index is -0.699. The fourth-order valence-electron chi connectivity index (χ4n) is 0.620. The van der Waals surface area contributed by atoms with E-state index >= 15 is 0 Å². The molecular weight excluding hydrogens is 164 g/mol. The lowest BCUT2D eigenvalue weighted by Gasteiger charge is -1.97. The molecule has 0 atom stereocenters. The van der Waals surface area contributed by atoms with Crippen molar-refractivity contribution < 1.29 is 13.0 Å². The van der Waals surface area contributed by atoms with Gasteiger partial charge < -0.3 is 13.0 Å². The minimum Gasteiger partial charge on any atom is -0.467 e. The molecule has 1 rings (SSSR count).